The highest BCUT2D eigenvalue weighted by Crippen LogP contribution is 2.35. The molecule has 2 aliphatic rings. The minimum atomic E-state index is -0.466. The van der Waals surface area contributed by atoms with Gasteiger partial charge in [-0.3, -0.25) is 4.79 Å². The largest absolute Gasteiger partial charge is 0.508 e. The number of piperidine rings is 1. The quantitative estimate of drug-likeness (QED) is 0.885. The topological polar surface area (TPSA) is 53.0 Å². The molecule has 1 spiro atoms. The molecule has 2 aliphatic heterocycles. The lowest BCUT2D eigenvalue weighted by Crippen LogP contribution is -2.61. The second-order valence-corrected chi connectivity index (χ2v) is 7.96. The fraction of sp³-hybridized carbons (Fsp3) is 0.435. The predicted molar refractivity (Wildman–Crippen MR) is 110 cm³/mol. The van der Waals surface area contributed by atoms with Gasteiger partial charge in [-0.25, -0.2) is 0 Å². The van der Waals surface area contributed by atoms with Crippen molar-refractivity contribution in [3.05, 3.63) is 60.2 Å². The van der Waals surface area contributed by atoms with Gasteiger partial charge in [0.25, 0.3) is 5.91 Å². The zero-order chi connectivity index (χ0) is 19.6. The average Bonchev–Trinajstić information content (AvgIpc) is 2.71. The molecule has 2 aromatic rings. The first-order chi connectivity index (χ1) is 13.5. The summed E-state index contributed by atoms with van der Waals surface area (Å²) in [6, 6.07) is 17.5. The van der Waals surface area contributed by atoms with Crippen molar-refractivity contribution in [3.63, 3.8) is 0 Å². The molecule has 0 radical (unpaired) electrons. The van der Waals surface area contributed by atoms with E-state index in [1.807, 2.05) is 13.0 Å². The molecule has 0 aliphatic carbocycles. The molecule has 4 rings (SSSR count). The number of carbonyl (C=O) groups excluding carboxylic acids is 1. The van der Waals surface area contributed by atoms with Gasteiger partial charge in [-0.2, -0.15) is 0 Å². The molecule has 2 heterocycles. The fourth-order valence-corrected chi connectivity index (χ4v) is 4.32. The van der Waals surface area contributed by atoms with Gasteiger partial charge in [0.05, 0.1) is 12.1 Å². The van der Waals surface area contributed by atoms with Gasteiger partial charge in [-0.05, 0) is 43.9 Å². The third-order valence-corrected chi connectivity index (χ3v) is 5.96. The normalized spacial score (nSPS) is 22.5. The maximum atomic E-state index is 12.7. The zero-order valence-electron chi connectivity index (χ0n) is 16.4. The van der Waals surface area contributed by atoms with E-state index in [4.69, 9.17) is 4.74 Å². The number of benzene rings is 2. The molecule has 5 nitrogen and oxygen atoms in total. The Bertz CT molecular complexity index is 816. The molecule has 2 saturated heterocycles. The summed E-state index contributed by atoms with van der Waals surface area (Å²) in [7, 11) is 0. The highest BCUT2D eigenvalue weighted by molar-refractivity contribution is 5.97. The van der Waals surface area contributed by atoms with Crippen LogP contribution < -0.4 is 4.90 Å². The van der Waals surface area contributed by atoms with E-state index in [-0.39, 0.29) is 17.3 Å². The predicted octanol–water partition coefficient (Wildman–Crippen LogP) is 3.22. The van der Waals surface area contributed by atoms with Crippen LogP contribution >= 0.6 is 0 Å². The Morgan fingerprint density at radius 2 is 1.86 bits per heavy atom. The number of phenolic OH excluding ortho intramolecular Hbond substituents is 1. The molecule has 0 aromatic heterocycles. The van der Waals surface area contributed by atoms with Gasteiger partial charge in [0.15, 0.2) is 0 Å². The van der Waals surface area contributed by atoms with Crippen molar-refractivity contribution in [3.8, 4) is 5.75 Å². The zero-order valence-corrected chi connectivity index (χ0v) is 16.4. The molecule has 0 saturated carbocycles. The summed E-state index contributed by atoms with van der Waals surface area (Å²) in [5.74, 6) is 0.136. The minimum absolute atomic E-state index is 0.0391. The first kappa shape index (κ1) is 19.0. The minimum Gasteiger partial charge on any atom is -0.508 e. The van der Waals surface area contributed by atoms with Crippen LogP contribution in [0.1, 0.15) is 25.3 Å². The SMILES string of the molecule is CC1OC2(CCN(CCc3ccccc3)CC2)CN(c2cccc(O)c2)C1=O. The summed E-state index contributed by atoms with van der Waals surface area (Å²) in [5.41, 5.74) is 1.80. The summed E-state index contributed by atoms with van der Waals surface area (Å²) >= 11 is 0. The lowest BCUT2D eigenvalue weighted by molar-refractivity contribution is -0.161. The van der Waals surface area contributed by atoms with Crippen molar-refractivity contribution < 1.29 is 14.6 Å². The molecule has 5 heteroatoms. The summed E-state index contributed by atoms with van der Waals surface area (Å²) in [5, 5.41) is 9.81. The molecule has 2 fully saturated rings. The standard InChI is InChI=1S/C23H28N2O3/c1-18-22(27)25(20-8-5-9-21(26)16-20)17-23(28-18)11-14-24(15-12-23)13-10-19-6-3-2-4-7-19/h2-9,16,18,26H,10-15,17H2,1H3. The van der Waals surface area contributed by atoms with E-state index in [0.29, 0.717) is 6.54 Å². The van der Waals surface area contributed by atoms with Crippen LogP contribution in [0.3, 0.4) is 0 Å². The van der Waals surface area contributed by atoms with Crippen molar-refractivity contribution in [2.24, 2.45) is 0 Å². The van der Waals surface area contributed by atoms with Gasteiger partial charge in [-0.15, -0.1) is 0 Å². The number of anilines is 1. The van der Waals surface area contributed by atoms with Gasteiger partial charge in [0.2, 0.25) is 0 Å². The molecule has 1 unspecified atom stereocenters. The number of nitrogens with zero attached hydrogens (tertiary/aromatic N) is 2. The number of amides is 1. The lowest BCUT2D eigenvalue weighted by atomic mass is 9.88. The molecule has 1 amide bonds. The van der Waals surface area contributed by atoms with E-state index < -0.39 is 6.10 Å². The molecular formula is C23H28N2O3. The average molecular weight is 380 g/mol. The first-order valence-electron chi connectivity index (χ1n) is 10.1. The van der Waals surface area contributed by atoms with Crippen molar-refractivity contribution in [2.45, 2.75) is 37.9 Å². The Morgan fingerprint density at radius 3 is 2.57 bits per heavy atom. The molecule has 1 atom stereocenters. The number of aromatic hydroxyl groups is 1. The smallest absolute Gasteiger partial charge is 0.255 e. The maximum absolute atomic E-state index is 12.7. The van der Waals surface area contributed by atoms with Crippen LogP contribution in [0.15, 0.2) is 54.6 Å². The van der Waals surface area contributed by atoms with E-state index >= 15 is 0 Å². The number of rotatable bonds is 4. The van der Waals surface area contributed by atoms with Crippen LogP contribution in [-0.2, 0) is 16.0 Å². The highest BCUT2D eigenvalue weighted by Gasteiger charge is 2.45. The molecule has 2 aromatic carbocycles. The van der Waals surface area contributed by atoms with E-state index in [0.717, 1.165) is 44.6 Å². The highest BCUT2D eigenvalue weighted by atomic mass is 16.5. The third-order valence-electron chi connectivity index (χ3n) is 5.96. The van der Waals surface area contributed by atoms with Crippen LogP contribution in [0.2, 0.25) is 0 Å². The fourth-order valence-electron chi connectivity index (χ4n) is 4.32. The molecule has 148 valence electrons. The van der Waals surface area contributed by atoms with Crippen LogP contribution in [0.4, 0.5) is 5.69 Å². The number of morpholine rings is 1. The second kappa shape index (κ2) is 7.94. The summed E-state index contributed by atoms with van der Waals surface area (Å²) < 4.78 is 6.24. The summed E-state index contributed by atoms with van der Waals surface area (Å²) in [4.78, 5) is 17.0. The number of ether oxygens (including phenoxy) is 1. The molecule has 1 N–H and O–H groups in total. The molecule has 0 bridgehead atoms. The number of carbonyl (C=O) groups is 1. The number of hydrogen-bond donors (Lipinski definition) is 1. The Labute approximate surface area is 166 Å². The van der Waals surface area contributed by atoms with Crippen LogP contribution in [-0.4, -0.2) is 53.8 Å². The van der Waals surface area contributed by atoms with E-state index in [9.17, 15) is 9.90 Å². The van der Waals surface area contributed by atoms with Crippen LogP contribution in [0, 0.1) is 0 Å². The number of hydrogen-bond acceptors (Lipinski definition) is 4. The lowest BCUT2D eigenvalue weighted by Gasteiger charge is -2.49. The monoisotopic (exact) mass is 380 g/mol. The van der Waals surface area contributed by atoms with Gasteiger partial charge < -0.3 is 19.6 Å². The number of phenols is 1. The Morgan fingerprint density at radius 1 is 1.11 bits per heavy atom. The van der Waals surface area contributed by atoms with Crippen LogP contribution in [0.25, 0.3) is 0 Å². The summed E-state index contributed by atoms with van der Waals surface area (Å²) in [6.45, 7) is 5.38. The van der Waals surface area contributed by atoms with E-state index in [1.165, 1.54) is 5.56 Å². The second-order valence-electron chi connectivity index (χ2n) is 7.96. The van der Waals surface area contributed by atoms with Crippen LogP contribution in [0.5, 0.6) is 5.75 Å². The van der Waals surface area contributed by atoms with Crippen molar-refractivity contribution in [1.82, 2.24) is 4.90 Å². The van der Waals surface area contributed by atoms with E-state index in [2.05, 4.69) is 35.2 Å². The molecule has 28 heavy (non-hydrogen) atoms. The number of likely N-dealkylation sites (tertiary alicyclic amines) is 1. The van der Waals surface area contributed by atoms with Crippen molar-refractivity contribution >= 4 is 11.6 Å². The summed E-state index contributed by atoms with van der Waals surface area (Å²) in [6.07, 6.45) is 2.41. The molecular weight excluding hydrogens is 352 g/mol. The van der Waals surface area contributed by atoms with E-state index in [1.54, 1.807) is 23.1 Å². The first-order valence-corrected chi connectivity index (χ1v) is 10.1. The maximum Gasteiger partial charge on any atom is 0.255 e. The van der Waals surface area contributed by atoms with Crippen molar-refractivity contribution in [2.75, 3.05) is 31.1 Å². The van der Waals surface area contributed by atoms with Gasteiger partial charge in [-0.1, -0.05) is 36.4 Å². The Hall–Kier alpha value is -2.37. The third kappa shape index (κ3) is 4.05. The van der Waals surface area contributed by atoms with Gasteiger partial charge in [0, 0.05) is 31.4 Å². The van der Waals surface area contributed by atoms with Gasteiger partial charge >= 0.3 is 0 Å². The van der Waals surface area contributed by atoms with Crippen molar-refractivity contribution in [1.29, 1.82) is 0 Å². The Balaban J connectivity index is 1.40. The van der Waals surface area contributed by atoms with Gasteiger partial charge in [0.1, 0.15) is 11.9 Å². The Kier molecular flexibility index (Phi) is 5.38.